The number of benzene rings is 1. The normalized spacial score (nSPS) is 24.2. The van der Waals surface area contributed by atoms with Gasteiger partial charge in [-0.25, -0.2) is 8.78 Å². The SMILES string of the molecule is NCC1(C2(c3ccc(F)c(F)c3)COC2)CCC1. The lowest BCUT2D eigenvalue weighted by atomic mass is 9.50. The van der Waals surface area contributed by atoms with Gasteiger partial charge in [-0.3, -0.25) is 0 Å². The van der Waals surface area contributed by atoms with Crippen LogP contribution in [0.1, 0.15) is 24.8 Å². The highest BCUT2D eigenvalue weighted by Gasteiger charge is 2.59. The lowest BCUT2D eigenvalue weighted by molar-refractivity contribution is -0.154. The molecule has 18 heavy (non-hydrogen) atoms. The number of hydrogen-bond donors (Lipinski definition) is 1. The van der Waals surface area contributed by atoms with Gasteiger partial charge in [-0.05, 0) is 42.5 Å². The molecule has 1 heterocycles. The molecule has 1 aliphatic carbocycles. The van der Waals surface area contributed by atoms with E-state index in [9.17, 15) is 8.78 Å². The molecular weight excluding hydrogens is 236 g/mol. The zero-order chi connectivity index (χ0) is 12.8. The van der Waals surface area contributed by atoms with E-state index in [-0.39, 0.29) is 10.8 Å². The fourth-order valence-electron chi connectivity index (χ4n) is 3.36. The molecule has 2 aliphatic rings. The van der Waals surface area contributed by atoms with E-state index in [1.165, 1.54) is 12.1 Å². The van der Waals surface area contributed by atoms with Gasteiger partial charge in [0.25, 0.3) is 0 Å². The molecule has 0 atom stereocenters. The second-order valence-electron chi connectivity index (χ2n) is 5.54. The summed E-state index contributed by atoms with van der Waals surface area (Å²) >= 11 is 0. The maximum absolute atomic E-state index is 13.4. The lowest BCUT2D eigenvalue weighted by Crippen LogP contribution is -2.64. The fourth-order valence-corrected chi connectivity index (χ4v) is 3.36. The van der Waals surface area contributed by atoms with Crippen LogP contribution in [0.25, 0.3) is 0 Å². The molecule has 2 nitrogen and oxygen atoms in total. The quantitative estimate of drug-likeness (QED) is 0.897. The van der Waals surface area contributed by atoms with Crippen LogP contribution >= 0.6 is 0 Å². The van der Waals surface area contributed by atoms with Gasteiger partial charge in [0.1, 0.15) is 0 Å². The van der Waals surface area contributed by atoms with Crippen LogP contribution in [0.15, 0.2) is 18.2 Å². The van der Waals surface area contributed by atoms with E-state index in [0.717, 1.165) is 24.8 Å². The number of hydrogen-bond acceptors (Lipinski definition) is 2. The van der Waals surface area contributed by atoms with Crippen molar-refractivity contribution >= 4 is 0 Å². The summed E-state index contributed by atoms with van der Waals surface area (Å²) in [6.45, 7) is 1.71. The maximum atomic E-state index is 13.4. The van der Waals surface area contributed by atoms with Gasteiger partial charge in [0.15, 0.2) is 11.6 Å². The molecule has 4 heteroatoms. The summed E-state index contributed by atoms with van der Waals surface area (Å²) in [4.78, 5) is 0. The summed E-state index contributed by atoms with van der Waals surface area (Å²) in [5, 5.41) is 0. The molecule has 3 rings (SSSR count). The molecule has 98 valence electrons. The first-order valence-corrected chi connectivity index (χ1v) is 6.37. The fraction of sp³-hybridized carbons (Fsp3) is 0.571. The Balaban J connectivity index is 2.03. The van der Waals surface area contributed by atoms with Crippen molar-refractivity contribution in [2.24, 2.45) is 11.1 Å². The van der Waals surface area contributed by atoms with Gasteiger partial charge >= 0.3 is 0 Å². The minimum Gasteiger partial charge on any atom is -0.379 e. The topological polar surface area (TPSA) is 35.2 Å². The van der Waals surface area contributed by atoms with Crippen molar-refractivity contribution < 1.29 is 13.5 Å². The molecule has 0 spiro atoms. The maximum Gasteiger partial charge on any atom is 0.159 e. The average Bonchev–Trinajstić information content (AvgIpc) is 2.25. The Kier molecular flexibility index (Phi) is 2.68. The second kappa shape index (κ2) is 4.00. The predicted molar refractivity (Wildman–Crippen MR) is 64.2 cm³/mol. The predicted octanol–water partition coefficient (Wildman–Crippen LogP) is 2.36. The Labute approximate surface area is 105 Å². The van der Waals surface area contributed by atoms with Crippen molar-refractivity contribution in [3.05, 3.63) is 35.4 Å². The second-order valence-corrected chi connectivity index (χ2v) is 5.54. The van der Waals surface area contributed by atoms with Gasteiger partial charge in [0.2, 0.25) is 0 Å². The molecule has 1 aromatic carbocycles. The monoisotopic (exact) mass is 253 g/mol. The Morgan fingerprint density at radius 2 is 1.89 bits per heavy atom. The van der Waals surface area contributed by atoms with Crippen LogP contribution in [-0.2, 0) is 10.2 Å². The molecular formula is C14H17F2NO. The third-order valence-electron chi connectivity index (χ3n) is 4.89. The van der Waals surface area contributed by atoms with Crippen LogP contribution in [0.5, 0.6) is 0 Å². The highest BCUT2D eigenvalue weighted by atomic mass is 19.2. The lowest BCUT2D eigenvalue weighted by Gasteiger charge is -2.60. The standard InChI is InChI=1S/C14H17F2NO/c15-11-3-2-10(6-12(11)16)14(8-18-9-14)13(7-17)4-1-5-13/h2-3,6H,1,4-5,7-9,17H2. The van der Waals surface area contributed by atoms with Crippen LogP contribution in [0.4, 0.5) is 8.78 Å². The van der Waals surface area contributed by atoms with Crippen molar-refractivity contribution in [1.82, 2.24) is 0 Å². The van der Waals surface area contributed by atoms with Crippen molar-refractivity contribution in [3.8, 4) is 0 Å². The van der Waals surface area contributed by atoms with Gasteiger partial charge in [-0.2, -0.15) is 0 Å². The minimum absolute atomic E-state index is 0.00944. The highest BCUT2D eigenvalue weighted by molar-refractivity contribution is 5.34. The van der Waals surface area contributed by atoms with E-state index < -0.39 is 11.6 Å². The van der Waals surface area contributed by atoms with Crippen molar-refractivity contribution in [3.63, 3.8) is 0 Å². The summed E-state index contributed by atoms with van der Waals surface area (Å²) < 4.78 is 31.9. The summed E-state index contributed by atoms with van der Waals surface area (Å²) in [6.07, 6.45) is 3.25. The van der Waals surface area contributed by atoms with E-state index in [4.69, 9.17) is 10.5 Å². The van der Waals surface area contributed by atoms with Crippen molar-refractivity contribution in [1.29, 1.82) is 0 Å². The van der Waals surface area contributed by atoms with Crippen LogP contribution in [-0.4, -0.2) is 19.8 Å². The van der Waals surface area contributed by atoms with Gasteiger partial charge in [-0.15, -0.1) is 0 Å². The average molecular weight is 253 g/mol. The van der Waals surface area contributed by atoms with Crippen LogP contribution < -0.4 is 5.73 Å². The number of rotatable bonds is 3. The van der Waals surface area contributed by atoms with E-state index in [1.807, 2.05) is 0 Å². The van der Waals surface area contributed by atoms with Crippen molar-refractivity contribution in [2.45, 2.75) is 24.7 Å². The molecule has 1 aromatic rings. The minimum atomic E-state index is -0.801. The smallest absolute Gasteiger partial charge is 0.159 e. The van der Waals surface area contributed by atoms with E-state index in [0.29, 0.717) is 19.8 Å². The molecule has 1 saturated heterocycles. The molecule has 2 N–H and O–H groups in total. The number of nitrogens with two attached hydrogens (primary N) is 1. The van der Waals surface area contributed by atoms with E-state index >= 15 is 0 Å². The highest BCUT2D eigenvalue weighted by Crippen LogP contribution is 2.57. The summed E-state index contributed by atoms with van der Waals surface area (Å²) in [7, 11) is 0. The molecule has 1 aliphatic heterocycles. The van der Waals surface area contributed by atoms with Gasteiger partial charge in [0, 0.05) is 5.41 Å². The first kappa shape index (κ1) is 12.1. The third kappa shape index (κ3) is 1.39. The number of halogens is 2. The molecule has 0 amide bonds. The molecule has 0 bridgehead atoms. The number of ether oxygens (including phenoxy) is 1. The zero-order valence-electron chi connectivity index (χ0n) is 10.2. The van der Waals surface area contributed by atoms with E-state index in [1.54, 1.807) is 6.07 Å². The van der Waals surface area contributed by atoms with Crippen LogP contribution in [0, 0.1) is 17.0 Å². The Morgan fingerprint density at radius 3 is 2.28 bits per heavy atom. The Hall–Kier alpha value is -1.00. The first-order valence-electron chi connectivity index (χ1n) is 6.37. The molecule has 1 saturated carbocycles. The zero-order valence-corrected chi connectivity index (χ0v) is 10.2. The summed E-state index contributed by atoms with van der Waals surface area (Å²) in [6, 6.07) is 4.19. The first-order chi connectivity index (χ1) is 8.63. The van der Waals surface area contributed by atoms with Gasteiger partial charge in [0.05, 0.1) is 13.2 Å². The van der Waals surface area contributed by atoms with Gasteiger partial charge in [-0.1, -0.05) is 12.5 Å². The third-order valence-corrected chi connectivity index (χ3v) is 4.89. The molecule has 0 radical (unpaired) electrons. The summed E-state index contributed by atoms with van der Waals surface area (Å²) in [5.41, 5.74) is 6.57. The van der Waals surface area contributed by atoms with E-state index in [2.05, 4.69) is 0 Å². The molecule has 0 aromatic heterocycles. The molecule has 0 unspecified atom stereocenters. The molecule has 2 fully saturated rings. The van der Waals surface area contributed by atoms with Crippen molar-refractivity contribution in [2.75, 3.05) is 19.8 Å². The van der Waals surface area contributed by atoms with Crippen LogP contribution in [0.3, 0.4) is 0 Å². The van der Waals surface area contributed by atoms with Gasteiger partial charge < -0.3 is 10.5 Å². The largest absolute Gasteiger partial charge is 0.379 e. The Bertz CT molecular complexity index is 461. The Morgan fingerprint density at radius 1 is 1.17 bits per heavy atom. The summed E-state index contributed by atoms with van der Waals surface area (Å²) in [5.74, 6) is -1.59. The van der Waals surface area contributed by atoms with Crippen LogP contribution in [0.2, 0.25) is 0 Å².